The standard InChI is InChI=1S/C12H25N/c1-5-6-13-11-7-10(2)8-12(3,4)9-11/h10-11,13H,5-9H2,1-4H3/t10-,11-/m0/s1. The molecule has 0 saturated heterocycles. The lowest BCUT2D eigenvalue weighted by Crippen LogP contribution is -2.40. The van der Waals surface area contributed by atoms with Crippen molar-refractivity contribution in [3.63, 3.8) is 0 Å². The van der Waals surface area contributed by atoms with E-state index in [1.165, 1.54) is 32.2 Å². The molecule has 1 saturated carbocycles. The molecule has 0 amide bonds. The predicted octanol–water partition coefficient (Wildman–Crippen LogP) is 3.20. The first-order valence-electron chi connectivity index (χ1n) is 5.77. The van der Waals surface area contributed by atoms with E-state index in [0.717, 1.165) is 12.0 Å². The van der Waals surface area contributed by atoms with Crippen LogP contribution in [-0.2, 0) is 0 Å². The van der Waals surface area contributed by atoms with E-state index in [9.17, 15) is 0 Å². The highest BCUT2D eigenvalue weighted by Crippen LogP contribution is 2.38. The first-order chi connectivity index (χ1) is 6.03. The second-order valence-electron chi connectivity index (χ2n) is 5.56. The van der Waals surface area contributed by atoms with Gasteiger partial charge in [0.1, 0.15) is 0 Å². The van der Waals surface area contributed by atoms with Crippen molar-refractivity contribution in [2.24, 2.45) is 11.3 Å². The maximum atomic E-state index is 3.66. The molecule has 13 heavy (non-hydrogen) atoms. The molecule has 1 N–H and O–H groups in total. The molecule has 1 heteroatoms. The van der Waals surface area contributed by atoms with E-state index >= 15 is 0 Å². The zero-order valence-electron chi connectivity index (χ0n) is 9.69. The normalized spacial score (nSPS) is 33.2. The summed E-state index contributed by atoms with van der Waals surface area (Å²) < 4.78 is 0. The number of nitrogens with one attached hydrogen (secondary N) is 1. The molecule has 1 aliphatic rings. The maximum Gasteiger partial charge on any atom is 0.00746 e. The van der Waals surface area contributed by atoms with E-state index in [4.69, 9.17) is 0 Å². The Labute approximate surface area is 83.3 Å². The van der Waals surface area contributed by atoms with E-state index in [1.54, 1.807) is 0 Å². The number of hydrogen-bond donors (Lipinski definition) is 1. The molecule has 1 nitrogen and oxygen atoms in total. The molecule has 0 unspecified atom stereocenters. The van der Waals surface area contributed by atoms with Gasteiger partial charge in [0.2, 0.25) is 0 Å². The van der Waals surface area contributed by atoms with Crippen LogP contribution in [0.3, 0.4) is 0 Å². The molecule has 1 fully saturated rings. The second-order valence-corrected chi connectivity index (χ2v) is 5.56. The quantitative estimate of drug-likeness (QED) is 0.708. The van der Waals surface area contributed by atoms with Gasteiger partial charge in [0.05, 0.1) is 0 Å². The van der Waals surface area contributed by atoms with Crippen molar-refractivity contribution in [2.45, 2.75) is 59.4 Å². The van der Waals surface area contributed by atoms with Crippen molar-refractivity contribution in [3.8, 4) is 0 Å². The average molecular weight is 183 g/mol. The van der Waals surface area contributed by atoms with Crippen molar-refractivity contribution in [1.82, 2.24) is 5.32 Å². The lowest BCUT2D eigenvalue weighted by Gasteiger charge is -2.39. The third kappa shape index (κ3) is 3.68. The average Bonchev–Trinajstić information content (AvgIpc) is 1.97. The Morgan fingerprint density at radius 1 is 1.31 bits per heavy atom. The summed E-state index contributed by atoms with van der Waals surface area (Å²) in [6.45, 7) is 10.6. The van der Waals surface area contributed by atoms with Crippen LogP contribution in [0.1, 0.15) is 53.4 Å². The summed E-state index contributed by atoms with van der Waals surface area (Å²) in [7, 11) is 0. The van der Waals surface area contributed by atoms with E-state index in [-0.39, 0.29) is 0 Å². The molecule has 0 aromatic rings. The van der Waals surface area contributed by atoms with Crippen molar-refractivity contribution in [2.75, 3.05) is 6.54 Å². The van der Waals surface area contributed by atoms with Crippen molar-refractivity contribution < 1.29 is 0 Å². The van der Waals surface area contributed by atoms with Gasteiger partial charge in [-0.1, -0.05) is 27.7 Å². The molecule has 1 rings (SSSR count). The SMILES string of the molecule is CCCN[C@H]1C[C@H](C)CC(C)(C)C1. The summed E-state index contributed by atoms with van der Waals surface area (Å²) in [5.41, 5.74) is 0.559. The van der Waals surface area contributed by atoms with Crippen LogP contribution < -0.4 is 5.32 Å². The van der Waals surface area contributed by atoms with Gasteiger partial charge in [-0.25, -0.2) is 0 Å². The van der Waals surface area contributed by atoms with Gasteiger partial charge in [0.15, 0.2) is 0 Å². The van der Waals surface area contributed by atoms with Crippen molar-refractivity contribution in [1.29, 1.82) is 0 Å². The van der Waals surface area contributed by atoms with E-state index in [2.05, 4.69) is 33.0 Å². The van der Waals surface area contributed by atoms with Crippen LogP contribution in [0.5, 0.6) is 0 Å². The van der Waals surface area contributed by atoms with E-state index < -0.39 is 0 Å². The summed E-state index contributed by atoms with van der Waals surface area (Å²) in [6, 6.07) is 0.777. The summed E-state index contributed by atoms with van der Waals surface area (Å²) >= 11 is 0. The predicted molar refractivity (Wildman–Crippen MR) is 58.9 cm³/mol. The zero-order chi connectivity index (χ0) is 9.90. The van der Waals surface area contributed by atoms with Gasteiger partial charge in [-0.3, -0.25) is 0 Å². The molecule has 2 atom stereocenters. The molecule has 0 spiro atoms. The Kier molecular flexibility index (Phi) is 3.78. The molecular weight excluding hydrogens is 158 g/mol. The van der Waals surface area contributed by atoms with Crippen LogP contribution in [0.25, 0.3) is 0 Å². The highest BCUT2D eigenvalue weighted by molar-refractivity contribution is 4.86. The summed E-state index contributed by atoms with van der Waals surface area (Å²) in [6.07, 6.45) is 5.39. The third-order valence-electron chi connectivity index (χ3n) is 3.07. The summed E-state index contributed by atoms with van der Waals surface area (Å²) in [4.78, 5) is 0. The fraction of sp³-hybridized carbons (Fsp3) is 1.00. The Balaban J connectivity index is 2.38. The molecule has 1 aliphatic carbocycles. The van der Waals surface area contributed by atoms with Crippen molar-refractivity contribution >= 4 is 0 Å². The van der Waals surface area contributed by atoms with Gasteiger partial charge in [-0.2, -0.15) is 0 Å². The van der Waals surface area contributed by atoms with Crippen LogP contribution in [0.15, 0.2) is 0 Å². The maximum absolute atomic E-state index is 3.66. The monoisotopic (exact) mass is 183 g/mol. The molecular formula is C12H25N. The lowest BCUT2D eigenvalue weighted by molar-refractivity contribution is 0.152. The molecule has 0 aliphatic heterocycles. The minimum atomic E-state index is 0.559. The fourth-order valence-electron chi connectivity index (χ4n) is 2.85. The third-order valence-corrected chi connectivity index (χ3v) is 3.07. The molecule has 0 bridgehead atoms. The summed E-state index contributed by atoms with van der Waals surface area (Å²) in [5, 5.41) is 3.66. The van der Waals surface area contributed by atoms with Gasteiger partial charge in [-0.05, 0) is 43.6 Å². The largest absolute Gasteiger partial charge is 0.314 e. The highest BCUT2D eigenvalue weighted by Gasteiger charge is 2.31. The van der Waals surface area contributed by atoms with Gasteiger partial charge in [0.25, 0.3) is 0 Å². The smallest absolute Gasteiger partial charge is 0.00746 e. The van der Waals surface area contributed by atoms with Crippen LogP contribution in [0.4, 0.5) is 0 Å². The molecule has 0 heterocycles. The van der Waals surface area contributed by atoms with Crippen LogP contribution >= 0.6 is 0 Å². The van der Waals surface area contributed by atoms with Crippen LogP contribution in [-0.4, -0.2) is 12.6 Å². The fourth-order valence-corrected chi connectivity index (χ4v) is 2.85. The van der Waals surface area contributed by atoms with E-state index in [0.29, 0.717) is 5.41 Å². The van der Waals surface area contributed by atoms with Crippen molar-refractivity contribution in [3.05, 3.63) is 0 Å². The molecule has 0 radical (unpaired) electrons. The minimum absolute atomic E-state index is 0.559. The van der Waals surface area contributed by atoms with Gasteiger partial charge in [0, 0.05) is 6.04 Å². The van der Waals surface area contributed by atoms with E-state index in [1.807, 2.05) is 0 Å². The first kappa shape index (κ1) is 11.0. The number of hydrogen-bond acceptors (Lipinski definition) is 1. The topological polar surface area (TPSA) is 12.0 Å². The first-order valence-corrected chi connectivity index (χ1v) is 5.77. The Morgan fingerprint density at radius 2 is 2.00 bits per heavy atom. The molecule has 0 aromatic carbocycles. The molecule has 0 aromatic heterocycles. The van der Waals surface area contributed by atoms with Gasteiger partial charge >= 0.3 is 0 Å². The van der Waals surface area contributed by atoms with Gasteiger partial charge in [-0.15, -0.1) is 0 Å². The highest BCUT2D eigenvalue weighted by atomic mass is 14.9. The minimum Gasteiger partial charge on any atom is -0.314 e. The Hall–Kier alpha value is -0.0400. The molecule has 78 valence electrons. The number of rotatable bonds is 3. The van der Waals surface area contributed by atoms with Crippen LogP contribution in [0.2, 0.25) is 0 Å². The Morgan fingerprint density at radius 3 is 2.54 bits per heavy atom. The summed E-state index contributed by atoms with van der Waals surface area (Å²) in [5.74, 6) is 0.901. The lowest BCUT2D eigenvalue weighted by atomic mass is 9.70. The van der Waals surface area contributed by atoms with Crippen LogP contribution in [0, 0.1) is 11.3 Å². The van der Waals surface area contributed by atoms with Gasteiger partial charge < -0.3 is 5.32 Å². The second kappa shape index (κ2) is 4.45. The zero-order valence-corrected chi connectivity index (χ0v) is 9.69. The Bertz CT molecular complexity index is 151.